The second kappa shape index (κ2) is 5.01. The Morgan fingerprint density at radius 2 is 2.53 bits per heavy atom. The molecule has 0 saturated carbocycles. The van der Waals surface area contributed by atoms with Crippen molar-refractivity contribution in [2.24, 2.45) is 4.99 Å². The quantitative estimate of drug-likeness (QED) is 0.821. The number of nitrogens with one attached hydrogen (secondary N) is 1. The smallest absolute Gasteiger partial charge is 0.103 e. The lowest BCUT2D eigenvalue weighted by atomic mass is 10.1. The molecule has 82 valence electrons. The fourth-order valence-electron chi connectivity index (χ4n) is 1.83. The van der Waals surface area contributed by atoms with Gasteiger partial charge in [0.1, 0.15) is 5.76 Å². The van der Waals surface area contributed by atoms with E-state index < -0.39 is 0 Å². The monoisotopic (exact) mass is 206 g/mol. The van der Waals surface area contributed by atoms with Crippen LogP contribution in [0, 0.1) is 0 Å². The number of furan rings is 1. The molecule has 0 bridgehead atoms. The molecule has 1 atom stereocenters. The van der Waals surface area contributed by atoms with Crippen LogP contribution in [0.4, 0.5) is 0 Å². The van der Waals surface area contributed by atoms with Gasteiger partial charge in [-0.15, -0.1) is 0 Å². The van der Waals surface area contributed by atoms with Gasteiger partial charge >= 0.3 is 0 Å². The van der Waals surface area contributed by atoms with Gasteiger partial charge in [-0.1, -0.05) is 0 Å². The molecule has 1 aliphatic heterocycles. The summed E-state index contributed by atoms with van der Waals surface area (Å²) in [6, 6.07) is 4.45. The Labute approximate surface area is 90.6 Å². The first-order valence-corrected chi connectivity index (χ1v) is 5.67. The van der Waals surface area contributed by atoms with Crippen molar-refractivity contribution in [3.8, 4) is 0 Å². The first kappa shape index (κ1) is 10.3. The van der Waals surface area contributed by atoms with Crippen molar-refractivity contribution < 1.29 is 4.42 Å². The van der Waals surface area contributed by atoms with Crippen molar-refractivity contribution in [2.75, 3.05) is 6.54 Å². The highest BCUT2D eigenvalue weighted by molar-refractivity contribution is 5.83. The van der Waals surface area contributed by atoms with Crippen LogP contribution in [0.15, 0.2) is 27.8 Å². The zero-order valence-electron chi connectivity index (χ0n) is 9.20. The van der Waals surface area contributed by atoms with E-state index in [0.717, 1.165) is 31.6 Å². The van der Waals surface area contributed by atoms with Gasteiger partial charge in [-0.05, 0) is 31.9 Å². The zero-order valence-corrected chi connectivity index (χ0v) is 9.20. The number of amidine groups is 1. The van der Waals surface area contributed by atoms with E-state index in [1.807, 2.05) is 12.1 Å². The molecule has 0 spiro atoms. The van der Waals surface area contributed by atoms with Gasteiger partial charge in [0, 0.05) is 25.4 Å². The third-order valence-electron chi connectivity index (χ3n) is 2.69. The number of hydrogen-bond acceptors (Lipinski definition) is 3. The van der Waals surface area contributed by atoms with Gasteiger partial charge in [-0.25, -0.2) is 0 Å². The van der Waals surface area contributed by atoms with E-state index in [4.69, 9.17) is 4.42 Å². The lowest BCUT2D eigenvalue weighted by molar-refractivity contribution is 0.482. The van der Waals surface area contributed by atoms with Crippen molar-refractivity contribution in [1.82, 2.24) is 5.32 Å². The fourth-order valence-corrected chi connectivity index (χ4v) is 1.83. The van der Waals surface area contributed by atoms with E-state index in [1.54, 1.807) is 6.26 Å². The molecular formula is C12H18N2O. The standard InChI is InChI=1S/C12H18N2O/c1-10(14-12-5-2-8-13-12)6-7-11-4-3-9-15-11/h3-4,9-10H,2,5-8H2,1H3,(H,13,14). The van der Waals surface area contributed by atoms with E-state index in [2.05, 4.69) is 17.2 Å². The Kier molecular flexibility index (Phi) is 3.43. The van der Waals surface area contributed by atoms with Crippen LogP contribution in [-0.2, 0) is 6.42 Å². The highest BCUT2D eigenvalue weighted by atomic mass is 16.3. The maximum Gasteiger partial charge on any atom is 0.103 e. The predicted octanol–water partition coefficient (Wildman–Crippen LogP) is 2.38. The Bertz CT molecular complexity index is 316. The topological polar surface area (TPSA) is 37.5 Å². The summed E-state index contributed by atoms with van der Waals surface area (Å²) in [5, 5.41) is 3.45. The molecule has 1 aliphatic rings. The summed E-state index contributed by atoms with van der Waals surface area (Å²) in [6.45, 7) is 3.19. The average Bonchev–Trinajstić information content (AvgIpc) is 2.86. The van der Waals surface area contributed by atoms with Gasteiger partial charge in [0.15, 0.2) is 0 Å². The van der Waals surface area contributed by atoms with E-state index in [0.29, 0.717) is 6.04 Å². The molecule has 2 rings (SSSR count). The number of aryl methyl sites for hydroxylation is 1. The Hall–Kier alpha value is -1.25. The molecule has 2 heterocycles. The molecule has 0 radical (unpaired) electrons. The van der Waals surface area contributed by atoms with Gasteiger partial charge in [0.25, 0.3) is 0 Å². The van der Waals surface area contributed by atoms with Gasteiger partial charge in [0.05, 0.1) is 12.1 Å². The Balaban J connectivity index is 1.70. The molecule has 0 saturated heterocycles. The zero-order chi connectivity index (χ0) is 10.5. The first-order valence-electron chi connectivity index (χ1n) is 5.67. The average molecular weight is 206 g/mol. The van der Waals surface area contributed by atoms with Crippen molar-refractivity contribution in [3.05, 3.63) is 24.2 Å². The van der Waals surface area contributed by atoms with Gasteiger partial charge in [0.2, 0.25) is 0 Å². The molecule has 3 nitrogen and oxygen atoms in total. The molecule has 0 aromatic carbocycles. The molecule has 0 fully saturated rings. The molecule has 1 unspecified atom stereocenters. The predicted molar refractivity (Wildman–Crippen MR) is 61.2 cm³/mol. The minimum Gasteiger partial charge on any atom is -0.469 e. The summed E-state index contributed by atoms with van der Waals surface area (Å²) in [6.07, 6.45) is 6.13. The summed E-state index contributed by atoms with van der Waals surface area (Å²) in [5.41, 5.74) is 0. The second-order valence-corrected chi connectivity index (χ2v) is 4.10. The molecule has 3 heteroatoms. The van der Waals surface area contributed by atoms with Crippen molar-refractivity contribution in [3.63, 3.8) is 0 Å². The van der Waals surface area contributed by atoms with E-state index in [1.165, 1.54) is 12.3 Å². The molecule has 0 amide bonds. The number of aliphatic imine (C=N–C) groups is 1. The van der Waals surface area contributed by atoms with Gasteiger partial charge < -0.3 is 9.73 Å². The third kappa shape index (κ3) is 3.11. The molecule has 1 aromatic heterocycles. The summed E-state index contributed by atoms with van der Waals surface area (Å²) in [4.78, 5) is 4.40. The van der Waals surface area contributed by atoms with E-state index >= 15 is 0 Å². The third-order valence-corrected chi connectivity index (χ3v) is 2.69. The van der Waals surface area contributed by atoms with Crippen LogP contribution in [0.25, 0.3) is 0 Å². The second-order valence-electron chi connectivity index (χ2n) is 4.10. The number of rotatable bonds is 4. The number of nitrogens with zero attached hydrogens (tertiary/aromatic N) is 1. The maximum absolute atomic E-state index is 5.30. The van der Waals surface area contributed by atoms with Crippen LogP contribution in [0.3, 0.4) is 0 Å². The lowest BCUT2D eigenvalue weighted by Crippen LogP contribution is -2.31. The molecule has 0 aliphatic carbocycles. The molecule has 1 N–H and O–H groups in total. The van der Waals surface area contributed by atoms with Crippen LogP contribution < -0.4 is 5.32 Å². The highest BCUT2D eigenvalue weighted by Gasteiger charge is 2.09. The van der Waals surface area contributed by atoms with Crippen LogP contribution >= 0.6 is 0 Å². The summed E-state index contributed by atoms with van der Waals surface area (Å²) < 4.78 is 5.30. The van der Waals surface area contributed by atoms with Gasteiger partial charge in [-0.2, -0.15) is 0 Å². The molecule has 1 aromatic rings. The fraction of sp³-hybridized carbons (Fsp3) is 0.583. The van der Waals surface area contributed by atoms with Crippen LogP contribution in [0.5, 0.6) is 0 Å². The van der Waals surface area contributed by atoms with Crippen LogP contribution in [0.1, 0.15) is 31.9 Å². The number of hydrogen-bond donors (Lipinski definition) is 1. The normalized spacial score (nSPS) is 17.5. The van der Waals surface area contributed by atoms with Gasteiger partial charge in [-0.3, -0.25) is 4.99 Å². The Morgan fingerprint density at radius 1 is 1.60 bits per heavy atom. The first-order chi connectivity index (χ1) is 7.34. The summed E-state index contributed by atoms with van der Waals surface area (Å²) in [7, 11) is 0. The minimum atomic E-state index is 0.479. The Morgan fingerprint density at radius 3 is 3.20 bits per heavy atom. The SMILES string of the molecule is CC(CCc1ccco1)NC1=NCCC1. The van der Waals surface area contributed by atoms with Crippen LogP contribution in [0.2, 0.25) is 0 Å². The van der Waals surface area contributed by atoms with Crippen LogP contribution in [-0.4, -0.2) is 18.4 Å². The summed E-state index contributed by atoms with van der Waals surface area (Å²) >= 11 is 0. The van der Waals surface area contributed by atoms with Crippen molar-refractivity contribution in [1.29, 1.82) is 0 Å². The molecule has 15 heavy (non-hydrogen) atoms. The largest absolute Gasteiger partial charge is 0.469 e. The maximum atomic E-state index is 5.30. The van der Waals surface area contributed by atoms with Crippen molar-refractivity contribution in [2.45, 2.75) is 38.6 Å². The lowest BCUT2D eigenvalue weighted by Gasteiger charge is -2.13. The van der Waals surface area contributed by atoms with Crippen molar-refractivity contribution >= 4 is 5.84 Å². The van der Waals surface area contributed by atoms with E-state index in [-0.39, 0.29) is 0 Å². The highest BCUT2D eigenvalue weighted by Crippen LogP contribution is 2.07. The summed E-state index contributed by atoms with van der Waals surface area (Å²) in [5.74, 6) is 2.25. The molecular weight excluding hydrogens is 188 g/mol. The van der Waals surface area contributed by atoms with E-state index in [9.17, 15) is 0 Å². The minimum absolute atomic E-state index is 0.479.